The minimum Gasteiger partial charge on any atom is -0.361 e. The Balaban J connectivity index is 1.86. The van der Waals surface area contributed by atoms with Gasteiger partial charge in [0.05, 0.1) is 11.6 Å². The van der Waals surface area contributed by atoms with Gasteiger partial charge in [-0.15, -0.1) is 0 Å². The van der Waals surface area contributed by atoms with Gasteiger partial charge in [-0.1, -0.05) is 107 Å². The van der Waals surface area contributed by atoms with Crippen LogP contribution in [0.15, 0.2) is 48.5 Å². The van der Waals surface area contributed by atoms with E-state index in [9.17, 15) is 0 Å². The lowest BCUT2D eigenvalue weighted by Gasteiger charge is -2.46. The molecule has 0 saturated carbocycles. The molecule has 0 aromatic heterocycles. The Labute approximate surface area is 199 Å². The number of hydrogen-bond acceptors (Lipinski definition) is 2. The van der Waals surface area contributed by atoms with Gasteiger partial charge in [0.1, 0.15) is 0 Å². The second kappa shape index (κ2) is 8.29. The van der Waals surface area contributed by atoms with Gasteiger partial charge in [0.15, 0.2) is 0 Å². The molecule has 2 aliphatic heterocycles. The minimum atomic E-state index is -0.348. The quantitative estimate of drug-likeness (QED) is 0.448. The first-order valence-corrected chi connectivity index (χ1v) is 14.5. The summed E-state index contributed by atoms with van der Waals surface area (Å²) in [6.07, 6.45) is 0. The van der Waals surface area contributed by atoms with Gasteiger partial charge in [0, 0.05) is 29.8 Å². The zero-order valence-corrected chi connectivity index (χ0v) is 23.4. The molecular formula is C28H42N2P2. The van der Waals surface area contributed by atoms with Crippen LogP contribution >= 0.6 is 16.5 Å². The summed E-state index contributed by atoms with van der Waals surface area (Å²) in [6.45, 7) is 24.0. The van der Waals surface area contributed by atoms with Crippen LogP contribution in [0, 0.1) is 10.8 Å². The monoisotopic (exact) mass is 468 g/mol. The molecule has 32 heavy (non-hydrogen) atoms. The predicted molar refractivity (Wildman–Crippen MR) is 148 cm³/mol. The van der Waals surface area contributed by atoms with Crippen molar-refractivity contribution in [1.82, 2.24) is 0 Å². The van der Waals surface area contributed by atoms with E-state index in [2.05, 4.69) is 121 Å². The van der Waals surface area contributed by atoms with Gasteiger partial charge in [0.2, 0.25) is 0 Å². The molecule has 0 radical (unpaired) electrons. The van der Waals surface area contributed by atoms with Crippen LogP contribution < -0.4 is 20.4 Å². The summed E-state index contributed by atoms with van der Waals surface area (Å²) in [6, 6.07) is 18.5. The molecule has 0 fully saturated rings. The van der Waals surface area contributed by atoms with E-state index in [1.54, 1.807) is 10.6 Å². The van der Waals surface area contributed by atoms with E-state index in [4.69, 9.17) is 0 Å². The lowest BCUT2D eigenvalue weighted by Crippen LogP contribution is -2.51. The van der Waals surface area contributed by atoms with Crippen molar-refractivity contribution in [3.05, 3.63) is 48.5 Å². The number of rotatable bonds is 3. The summed E-state index contributed by atoms with van der Waals surface area (Å²) in [5, 5.41) is 3.42. The van der Waals surface area contributed by atoms with Crippen molar-refractivity contribution >= 4 is 38.5 Å². The third kappa shape index (κ3) is 4.74. The number of hydrogen-bond donors (Lipinski definition) is 0. The number of anilines is 2. The van der Waals surface area contributed by atoms with Gasteiger partial charge in [-0.25, -0.2) is 0 Å². The van der Waals surface area contributed by atoms with Crippen molar-refractivity contribution in [1.29, 1.82) is 0 Å². The standard InChI is InChI=1S/C28H42N2P2/c1-26(2,3)18-29-20-14-10-12-16-22(20)31-24(29)25-30(19-27(4,5)6)21-15-11-13-17-23(21)32(25)28(7,8)9/h10-17,24-25,31H,18-19H2,1-9H3. The number of fused-ring (bicyclic) bond motifs is 2. The molecule has 4 atom stereocenters. The van der Waals surface area contributed by atoms with E-state index in [0.717, 1.165) is 21.7 Å². The van der Waals surface area contributed by atoms with Crippen molar-refractivity contribution < 1.29 is 0 Å². The Morgan fingerprint density at radius 3 is 1.84 bits per heavy atom. The summed E-state index contributed by atoms with van der Waals surface area (Å²) < 4.78 is 0. The zero-order valence-electron chi connectivity index (χ0n) is 21.5. The third-order valence-electron chi connectivity index (χ3n) is 6.18. The molecular weight excluding hydrogens is 426 g/mol. The number of nitrogens with zero attached hydrogens (tertiary/aromatic N) is 2. The summed E-state index contributed by atoms with van der Waals surface area (Å²) in [5.74, 6) is 1.07. The van der Waals surface area contributed by atoms with Crippen molar-refractivity contribution in [2.24, 2.45) is 10.8 Å². The second-order valence-electron chi connectivity index (χ2n) is 12.9. The minimum absolute atomic E-state index is 0.248. The van der Waals surface area contributed by atoms with Gasteiger partial charge in [-0.2, -0.15) is 0 Å². The first kappa shape index (κ1) is 24.0. The van der Waals surface area contributed by atoms with Crippen LogP contribution in [0.2, 0.25) is 0 Å². The molecule has 2 aromatic carbocycles. The van der Waals surface area contributed by atoms with E-state index in [-0.39, 0.29) is 23.9 Å². The molecule has 0 N–H and O–H groups in total. The molecule has 4 unspecified atom stereocenters. The highest BCUT2D eigenvalue weighted by molar-refractivity contribution is 7.69. The normalized spacial score (nSPS) is 24.2. The fourth-order valence-electron chi connectivity index (χ4n) is 5.26. The second-order valence-corrected chi connectivity index (χ2v) is 17.4. The molecule has 4 heteroatoms. The molecule has 0 bridgehead atoms. The highest BCUT2D eigenvalue weighted by atomic mass is 31.1. The molecule has 0 saturated heterocycles. The van der Waals surface area contributed by atoms with Gasteiger partial charge in [-0.3, -0.25) is 0 Å². The summed E-state index contributed by atoms with van der Waals surface area (Å²) >= 11 is 0. The molecule has 0 aliphatic carbocycles. The summed E-state index contributed by atoms with van der Waals surface area (Å²) in [4.78, 5) is 5.62. The highest BCUT2D eigenvalue weighted by Crippen LogP contribution is 2.64. The molecule has 2 aliphatic rings. The Morgan fingerprint density at radius 2 is 1.25 bits per heavy atom. The third-order valence-corrected chi connectivity index (χ3v) is 11.6. The zero-order chi connectivity index (χ0) is 23.5. The van der Waals surface area contributed by atoms with Crippen LogP contribution in [0.1, 0.15) is 62.3 Å². The molecule has 2 heterocycles. The molecule has 0 amide bonds. The fraction of sp³-hybridized carbons (Fsp3) is 0.571. The van der Waals surface area contributed by atoms with Crippen LogP contribution in [0.25, 0.3) is 0 Å². The first-order valence-electron chi connectivity index (χ1n) is 12.0. The highest BCUT2D eigenvalue weighted by Gasteiger charge is 2.51. The molecule has 4 rings (SSSR count). The first-order chi connectivity index (χ1) is 14.8. The molecule has 2 nitrogen and oxygen atoms in total. The molecule has 174 valence electrons. The van der Waals surface area contributed by atoms with Crippen molar-refractivity contribution in [3.8, 4) is 0 Å². The smallest absolute Gasteiger partial charge is 0.0777 e. The Kier molecular flexibility index (Phi) is 6.22. The molecule has 2 aromatic rings. The number of benzene rings is 2. The average Bonchev–Trinajstić information content (AvgIpc) is 3.15. The Morgan fingerprint density at radius 1 is 0.719 bits per heavy atom. The van der Waals surface area contributed by atoms with Crippen LogP contribution in [0.3, 0.4) is 0 Å². The maximum Gasteiger partial charge on any atom is 0.0777 e. The van der Waals surface area contributed by atoms with Crippen molar-refractivity contribution in [2.45, 2.75) is 79.0 Å². The van der Waals surface area contributed by atoms with Gasteiger partial charge >= 0.3 is 0 Å². The van der Waals surface area contributed by atoms with E-state index >= 15 is 0 Å². The largest absolute Gasteiger partial charge is 0.361 e. The maximum atomic E-state index is 2.82. The average molecular weight is 469 g/mol. The van der Waals surface area contributed by atoms with Gasteiger partial charge < -0.3 is 9.80 Å². The van der Waals surface area contributed by atoms with Crippen LogP contribution in [-0.2, 0) is 0 Å². The summed E-state index contributed by atoms with van der Waals surface area (Å²) in [5.41, 5.74) is 3.47. The lowest BCUT2D eigenvalue weighted by molar-refractivity contribution is 0.388. The topological polar surface area (TPSA) is 6.48 Å². The van der Waals surface area contributed by atoms with Crippen LogP contribution in [-0.4, -0.2) is 29.8 Å². The van der Waals surface area contributed by atoms with Gasteiger partial charge in [-0.05, 0) is 41.3 Å². The van der Waals surface area contributed by atoms with E-state index in [1.807, 2.05) is 0 Å². The predicted octanol–water partition coefficient (Wildman–Crippen LogP) is 6.98. The van der Waals surface area contributed by atoms with Crippen LogP contribution in [0.5, 0.6) is 0 Å². The van der Waals surface area contributed by atoms with Gasteiger partial charge in [0.25, 0.3) is 0 Å². The van der Waals surface area contributed by atoms with E-state index < -0.39 is 0 Å². The fourth-order valence-corrected chi connectivity index (χ4v) is 11.0. The van der Waals surface area contributed by atoms with Crippen molar-refractivity contribution in [2.75, 3.05) is 22.9 Å². The Bertz CT molecular complexity index is 964. The molecule has 0 spiro atoms. The van der Waals surface area contributed by atoms with Crippen LogP contribution in [0.4, 0.5) is 11.4 Å². The number of para-hydroxylation sites is 2. The van der Waals surface area contributed by atoms with E-state index in [1.165, 1.54) is 11.4 Å². The Hall–Kier alpha value is -1.10. The van der Waals surface area contributed by atoms with Crippen molar-refractivity contribution in [3.63, 3.8) is 0 Å². The maximum absolute atomic E-state index is 2.82. The summed E-state index contributed by atoms with van der Waals surface area (Å²) in [7, 11) is 0.488. The SMILES string of the molecule is CC(C)(C)CN1c2ccccc2PC1C1N(CC(C)(C)C)c2ccccc2P1C(C)(C)C. The van der Waals surface area contributed by atoms with E-state index in [0.29, 0.717) is 11.6 Å². The lowest BCUT2D eigenvalue weighted by atomic mass is 9.95.